The lowest BCUT2D eigenvalue weighted by Crippen LogP contribution is -2.40. The molecule has 1 heterocycles. The molecule has 1 aliphatic carbocycles. The zero-order valence-electron chi connectivity index (χ0n) is 15.5. The molecule has 3 rings (SSSR count). The highest BCUT2D eigenvalue weighted by molar-refractivity contribution is 6.13. The zero-order chi connectivity index (χ0) is 18.1. The van der Waals surface area contributed by atoms with E-state index in [0.29, 0.717) is 23.5 Å². The van der Waals surface area contributed by atoms with Gasteiger partial charge in [-0.05, 0) is 30.0 Å². The van der Waals surface area contributed by atoms with Crippen LogP contribution in [-0.4, -0.2) is 57.0 Å². The van der Waals surface area contributed by atoms with Gasteiger partial charge >= 0.3 is 0 Å². The van der Waals surface area contributed by atoms with Crippen LogP contribution in [0.5, 0.6) is 11.5 Å². The quantitative estimate of drug-likeness (QED) is 0.608. The number of hydrogen-bond donors (Lipinski definition) is 0. The smallest absolute Gasteiger partial charge is 0.194 e. The van der Waals surface area contributed by atoms with Crippen molar-refractivity contribution in [3.8, 4) is 11.5 Å². The Bertz CT molecular complexity index is 737. The van der Waals surface area contributed by atoms with E-state index in [1.54, 1.807) is 14.2 Å². The number of ketones is 1. The first-order valence-electron chi connectivity index (χ1n) is 8.56. The molecule has 0 bridgehead atoms. The van der Waals surface area contributed by atoms with E-state index in [4.69, 9.17) is 9.47 Å². The topological polar surface area (TPSA) is 42.0 Å². The molecule has 5 heteroatoms. The van der Waals surface area contributed by atoms with Crippen molar-refractivity contribution in [1.82, 2.24) is 9.80 Å². The number of carbonyl (C=O) groups excluding carboxylic acids is 1. The van der Waals surface area contributed by atoms with Crippen LogP contribution < -0.4 is 9.47 Å². The SMILES string of the molecule is C=CCN1CCc2cc(OC)c(OC)c3c2C1CC(=CN(C)C)C3=O. The van der Waals surface area contributed by atoms with E-state index >= 15 is 0 Å². The van der Waals surface area contributed by atoms with Crippen molar-refractivity contribution in [1.29, 1.82) is 0 Å². The summed E-state index contributed by atoms with van der Waals surface area (Å²) < 4.78 is 11.1. The van der Waals surface area contributed by atoms with Gasteiger partial charge in [-0.1, -0.05) is 6.08 Å². The summed E-state index contributed by atoms with van der Waals surface area (Å²) in [5.74, 6) is 1.21. The minimum atomic E-state index is 0.0393. The molecular weight excluding hydrogens is 316 g/mol. The highest BCUT2D eigenvalue weighted by Crippen LogP contribution is 2.48. The summed E-state index contributed by atoms with van der Waals surface area (Å²) in [6, 6.07) is 2.20. The van der Waals surface area contributed by atoms with Gasteiger partial charge in [-0.3, -0.25) is 9.69 Å². The number of ether oxygens (including phenoxy) is 2. The zero-order valence-corrected chi connectivity index (χ0v) is 15.5. The van der Waals surface area contributed by atoms with Gasteiger partial charge in [0, 0.05) is 45.0 Å². The van der Waals surface area contributed by atoms with E-state index in [1.165, 1.54) is 5.56 Å². The van der Waals surface area contributed by atoms with Crippen molar-refractivity contribution in [3.05, 3.63) is 47.2 Å². The molecule has 0 saturated carbocycles. The molecule has 0 N–H and O–H groups in total. The summed E-state index contributed by atoms with van der Waals surface area (Å²) >= 11 is 0. The Labute approximate surface area is 149 Å². The molecule has 1 aromatic rings. The Morgan fingerprint density at radius 1 is 1.36 bits per heavy atom. The Hall–Kier alpha value is -2.27. The third kappa shape index (κ3) is 2.93. The maximum absolute atomic E-state index is 13.2. The Kier molecular flexibility index (Phi) is 4.86. The second-order valence-electron chi connectivity index (χ2n) is 6.76. The van der Waals surface area contributed by atoms with Gasteiger partial charge in [0.25, 0.3) is 0 Å². The lowest BCUT2D eigenvalue weighted by Gasteiger charge is -2.41. The third-order valence-corrected chi connectivity index (χ3v) is 4.95. The van der Waals surface area contributed by atoms with E-state index < -0.39 is 0 Å². The molecule has 1 atom stereocenters. The van der Waals surface area contributed by atoms with Gasteiger partial charge in [0.05, 0.1) is 19.8 Å². The molecule has 0 saturated heterocycles. The van der Waals surface area contributed by atoms with Crippen molar-refractivity contribution in [2.45, 2.75) is 18.9 Å². The lowest BCUT2D eigenvalue weighted by molar-refractivity contribution is 0.0987. The van der Waals surface area contributed by atoms with Gasteiger partial charge in [-0.15, -0.1) is 6.58 Å². The van der Waals surface area contributed by atoms with Crippen LogP contribution in [0.15, 0.2) is 30.5 Å². The largest absolute Gasteiger partial charge is 0.493 e. The minimum absolute atomic E-state index is 0.0393. The lowest BCUT2D eigenvalue weighted by atomic mass is 9.77. The van der Waals surface area contributed by atoms with Crippen molar-refractivity contribution >= 4 is 5.78 Å². The van der Waals surface area contributed by atoms with Crippen LogP contribution in [0, 0.1) is 0 Å². The molecule has 1 aliphatic heterocycles. The van der Waals surface area contributed by atoms with Crippen LogP contribution in [0.2, 0.25) is 0 Å². The first kappa shape index (κ1) is 17.5. The fraction of sp³-hybridized carbons (Fsp3) is 0.450. The van der Waals surface area contributed by atoms with Crippen LogP contribution in [0.4, 0.5) is 0 Å². The predicted molar refractivity (Wildman–Crippen MR) is 98.5 cm³/mol. The number of methoxy groups -OCH3 is 2. The van der Waals surface area contributed by atoms with Crippen molar-refractivity contribution in [3.63, 3.8) is 0 Å². The average molecular weight is 342 g/mol. The summed E-state index contributed by atoms with van der Waals surface area (Å²) in [6.07, 6.45) is 5.45. The molecule has 2 aliphatic rings. The van der Waals surface area contributed by atoms with Crippen LogP contribution >= 0.6 is 0 Å². The first-order chi connectivity index (χ1) is 12.0. The van der Waals surface area contributed by atoms with Gasteiger partial charge in [-0.25, -0.2) is 0 Å². The predicted octanol–water partition coefficient (Wildman–Crippen LogP) is 2.82. The molecule has 0 fully saturated rings. The van der Waals surface area contributed by atoms with Gasteiger partial charge in [0.1, 0.15) is 0 Å². The molecule has 25 heavy (non-hydrogen) atoms. The Balaban J connectivity index is 2.25. The van der Waals surface area contributed by atoms with Gasteiger partial charge in [0.2, 0.25) is 0 Å². The number of hydrogen-bond acceptors (Lipinski definition) is 5. The van der Waals surface area contributed by atoms with Crippen LogP contribution in [0.1, 0.15) is 33.9 Å². The summed E-state index contributed by atoms with van der Waals surface area (Å²) in [5.41, 5.74) is 3.76. The van der Waals surface area contributed by atoms with Gasteiger partial charge in [0.15, 0.2) is 17.3 Å². The second kappa shape index (κ2) is 6.92. The second-order valence-corrected chi connectivity index (χ2v) is 6.76. The number of benzene rings is 1. The standard InChI is InChI=1S/C20H26N2O3/c1-6-8-22-9-7-13-11-16(24-4)20(25-5)18-17(13)15(22)10-14(19(18)23)12-21(2)3/h6,11-12,15H,1,7-10H2,2-5H3. The van der Waals surface area contributed by atoms with E-state index in [1.807, 2.05) is 37.3 Å². The molecule has 0 radical (unpaired) electrons. The van der Waals surface area contributed by atoms with E-state index in [-0.39, 0.29) is 11.8 Å². The first-order valence-corrected chi connectivity index (χ1v) is 8.56. The maximum atomic E-state index is 13.2. The molecular formula is C20H26N2O3. The molecule has 0 spiro atoms. The molecule has 0 aromatic heterocycles. The van der Waals surface area contributed by atoms with Crippen molar-refractivity contribution < 1.29 is 14.3 Å². The third-order valence-electron chi connectivity index (χ3n) is 4.95. The van der Waals surface area contributed by atoms with E-state index in [2.05, 4.69) is 11.5 Å². The summed E-state index contributed by atoms with van der Waals surface area (Å²) in [5, 5.41) is 0. The molecule has 5 nitrogen and oxygen atoms in total. The summed E-state index contributed by atoms with van der Waals surface area (Å²) in [6.45, 7) is 5.64. The fourth-order valence-corrected chi connectivity index (χ4v) is 3.98. The van der Waals surface area contributed by atoms with Crippen LogP contribution in [0.3, 0.4) is 0 Å². The minimum Gasteiger partial charge on any atom is -0.493 e. The number of carbonyl (C=O) groups is 1. The summed E-state index contributed by atoms with van der Waals surface area (Å²) in [7, 11) is 7.08. The molecule has 1 unspecified atom stereocenters. The normalized spacial score (nSPS) is 21.0. The van der Waals surface area contributed by atoms with Crippen molar-refractivity contribution in [2.75, 3.05) is 41.4 Å². The number of nitrogens with zero attached hydrogens (tertiary/aromatic N) is 2. The maximum Gasteiger partial charge on any atom is 0.194 e. The fourth-order valence-electron chi connectivity index (χ4n) is 3.98. The molecule has 1 aromatic carbocycles. The van der Waals surface area contributed by atoms with Crippen LogP contribution in [-0.2, 0) is 6.42 Å². The Morgan fingerprint density at radius 3 is 2.72 bits per heavy atom. The number of rotatable bonds is 5. The monoisotopic (exact) mass is 342 g/mol. The highest BCUT2D eigenvalue weighted by atomic mass is 16.5. The number of Topliss-reactive ketones (excluding diaryl/α,β-unsaturated/α-hetero) is 1. The van der Waals surface area contributed by atoms with Crippen molar-refractivity contribution in [2.24, 2.45) is 0 Å². The average Bonchev–Trinajstić information content (AvgIpc) is 2.59. The van der Waals surface area contributed by atoms with E-state index in [9.17, 15) is 4.79 Å². The van der Waals surface area contributed by atoms with E-state index in [0.717, 1.165) is 30.6 Å². The highest BCUT2D eigenvalue weighted by Gasteiger charge is 2.40. The van der Waals surface area contributed by atoms with Gasteiger partial charge in [-0.2, -0.15) is 0 Å². The van der Waals surface area contributed by atoms with Gasteiger partial charge < -0.3 is 14.4 Å². The van der Waals surface area contributed by atoms with Crippen LogP contribution in [0.25, 0.3) is 0 Å². The molecule has 0 amide bonds. The molecule has 134 valence electrons. The Morgan fingerprint density at radius 2 is 2.12 bits per heavy atom. The summed E-state index contributed by atoms with van der Waals surface area (Å²) in [4.78, 5) is 17.5.